The molecule has 0 unspecified atom stereocenters. The molecule has 0 aliphatic heterocycles. The number of ether oxygens (including phenoxy) is 4. The van der Waals surface area contributed by atoms with E-state index < -0.39 is 83.1 Å². The molecular weight excluding hydrogens is 738 g/mol. The lowest BCUT2D eigenvalue weighted by Crippen LogP contribution is -2.48. The number of amides is 3. The highest BCUT2D eigenvalue weighted by Crippen LogP contribution is 2.44. The average Bonchev–Trinajstić information content (AvgIpc) is 3.40. The number of aliphatic carboxylic acids is 1. The molecule has 3 atom stereocenters. The number of carbonyl (C=O) groups excluding carboxylic acids is 6. The van der Waals surface area contributed by atoms with Crippen LogP contribution in [0.1, 0.15) is 118 Å². The van der Waals surface area contributed by atoms with E-state index in [2.05, 4.69) is 16.0 Å². The van der Waals surface area contributed by atoms with Gasteiger partial charge in [0.05, 0.1) is 0 Å². The van der Waals surface area contributed by atoms with E-state index in [1.54, 1.807) is 62.3 Å². The molecule has 3 amide bonds. The van der Waals surface area contributed by atoms with Gasteiger partial charge < -0.3 is 40.0 Å². The van der Waals surface area contributed by atoms with Crippen LogP contribution in [0.2, 0.25) is 0 Å². The second-order valence-electron chi connectivity index (χ2n) is 16.9. The maximum absolute atomic E-state index is 13.3. The van der Waals surface area contributed by atoms with Crippen molar-refractivity contribution in [3.63, 3.8) is 0 Å². The smallest absolute Gasteiger partial charge is 0.407 e. The minimum absolute atomic E-state index is 0.00932. The molecule has 0 spiro atoms. The summed E-state index contributed by atoms with van der Waals surface area (Å²) in [6, 6.07) is 11.8. The summed E-state index contributed by atoms with van der Waals surface area (Å²) in [7, 11) is 0. The number of esters is 3. The number of alkyl carbamates (subject to hydrolysis) is 1. The van der Waals surface area contributed by atoms with Gasteiger partial charge in [0.2, 0.25) is 11.8 Å². The molecule has 312 valence electrons. The van der Waals surface area contributed by atoms with Crippen LogP contribution in [-0.2, 0) is 47.7 Å². The van der Waals surface area contributed by atoms with Crippen molar-refractivity contribution in [2.45, 2.75) is 142 Å². The Hall–Kier alpha value is -5.47. The summed E-state index contributed by atoms with van der Waals surface area (Å²) in [5.74, 6) is -5.24. The third kappa shape index (κ3) is 15.5. The summed E-state index contributed by atoms with van der Waals surface area (Å²) in [4.78, 5) is 89.8. The molecular formula is C42H57N3O12. The van der Waals surface area contributed by atoms with Gasteiger partial charge in [-0.25, -0.2) is 19.2 Å². The quantitative estimate of drug-likeness (QED) is 0.118. The van der Waals surface area contributed by atoms with Crippen LogP contribution < -0.4 is 16.0 Å². The third-order valence-corrected chi connectivity index (χ3v) is 8.35. The zero-order valence-electron chi connectivity index (χ0n) is 34.3. The predicted molar refractivity (Wildman–Crippen MR) is 209 cm³/mol. The van der Waals surface area contributed by atoms with Crippen molar-refractivity contribution >= 4 is 41.8 Å². The van der Waals surface area contributed by atoms with Crippen molar-refractivity contribution < 1.29 is 57.6 Å². The largest absolute Gasteiger partial charge is 0.481 e. The summed E-state index contributed by atoms with van der Waals surface area (Å²) < 4.78 is 22.0. The number of hydrogen-bond donors (Lipinski definition) is 4. The van der Waals surface area contributed by atoms with Gasteiger partial charge in [0.1, 0.15) is 41.5 Å². The number of rotatable bonds is 17. The van der Waals surface area contributed by atoms with Crippen molar-refractivity contribution in [1.82, 2.24) is 16.0 Å². The van der Waals surface area contributed by atoms with E-state index >= 15 is 0 Å². The molecule has 1 aliphatic rings. The van der Waals surface area contributed by atoms with Gasteiger partial charge in [-0.3, -0.25) is 14.4 Å². The van der Waals surface area contributed by atoms with Crippen LogP contribution in [0.5, 0.6) is 0 Å². The molecule has 0 fully saturated rings. The average molecular weight is 796 g/mol. The third-order valence-electron chi connectivity index (χ3n) is 8.35. The van der Waals surface area contributed by atoms with Crippen molar-refractivity contribution in [2.75, 3.05) is 6.61 Å². The Morgan fingerprint density at radius 1 is 0.561 bits per heavy atom. The van der Waals surface area contributed by atoms with Crippen LogP contribution in [0.4, 0.5) is 4.79 Å². The topological polar surface area (TPSA) is 213 Å². The Labute approximate surface area is 333 Å². The number of carbonyl (C=O) groups is 7. The molecule has 3 rings (SSSR count). The molecule has 15 heteroatoms. The molecule has 2 aromatic rings. The number of hydrogen-bond acceptors (Lipinski definition) is 11. The van der Waals surface area contributed by atoms with E-state index in [9.17, 15) is 33.6 Å². The molecule has 4 N–H and O–H groups in total. The monoisotopic (exact) mass is 795 g/mol. The molecule has 57 heavy (non-hydrogen) atoms. The SMILES string of the molecule is CC(C)(C)OC(=O)[C@H](CCC(=O)O)NC(=O)CC[C@H](NC(=O)CC[C@H](NC(=O)OCC1c2ccccc2-c2ccccc21)C(=O)OC(C)(C)C)C(=O)OC(C)(C)C. The Morgan fingerprint density at radius 3 is 1.28 bits per heavy atom. The molecule has 0 bridgehead atoms. The first kappa shape index (κ1) is 45.9. The first-order valence-electron chi connectivity index (χ1n) is 19.0. The summed E-state index contributed by atoms with van der Waals surface area (Å²) >= 11 is 0. The van der Waals surface area contributed by atoms with Crippen molar-refractivity contribution in [3.05, 3.63) is 59.7 Å². The zero-order valence-corrected chi connectivity index (χ0v) is 34.3. The van der Waals surface area contributed by atoms with Crippen molar-refractivity contribution in [3.8, 4) is 11.1 Å². The lowest BCUT2D eigenvalue weighted by atomic mass is 9.98. The second kappa shape index (κ2) is 19.6. The predicted octanol–water partition coefficient (Wildman–Crippen LogP) is 5.31. The van der Waals surface area contributed by atoms with Gasteiger partial charge in [-0.1, -0.05) is 48.5 Å². The van der Waals surface area contributed by atoms with Crippen molar-refractivity contribution in [2.24, 2.45) is 0 Å². The number of benzene rings is 2. The van der Waals surface area contributed by atoms with Gasteiger partial charge in [-0.2, -0.15) is 0 Å². The van der Waals surface area contributed by atoms with E-state index in [1.165, 1.54) is 0 Å². The van der Waals surface area contributed by atoms with E-state index in [1.807, 2.05) is 48.5 Å². The van der Waals surface area contributed by atoms with Gasteiger partial charge in [0.25, 0.3) is 0 Å². The van der Waals surface area contributed by atoms with E-state index in [-0.39, 0.29) is 44.6 Å². The van der Waals surface area contributed by atoms with Crippen LogP contribution in [-0.4, -0.2) is 88.4 Å². The minimum Gasteiger partial charge on any atom is -0.481 e. The van der Waals surface area contributed by atoms with E-state index in [4.69, 9.17) is 24.1 Å². The molecule has 0 heterocycles. The number of carboxylic acid groups (broad SMARTS) is 1. The lowest BCUT2D eigenvalue weighted by molar-refractivity contribution is -0.160. The van der Waals surface area contributed by atoms with Crippen molar-refractivity contribution in [1.29, 1.82) is 0 Å². The summed E-state index contributed by atoms with van der Waals surface area (Å²) in [5.41, 5.74) is 1.34. The fraction of sp³-hybridized carbons (Fsp3) is 0.548. The van der Waals surface area contributed by atoms with Crippen LogP contribution in [0.25, 0.3) is 11.1 Å². The second-order valence-corrected chi connectivity index (χ2v) is 16.9. The molecule has 0 aromatic heterocycles. The van der Waals surface area contributed by atoms with Gasteiger partial charge in [0, 0.05) is 25.2 Å². The maximum atomic E-state index is 13.3. The zero-order chi connectivity index (χ0) is 42.7. The van der Waals surface area contributed by atoms with Gasteiger partial charge in [0.15, 0.2) is 0 Å². The number of carboxylic acids is 1. The highest BCUT2D eigenvalue weighted by Gasteiger charge is 2.33. The summed E-state index contributed by atoms with van der Waals surface area (Å²) in [6.45, 7) is 14.7. The lowest BCUT2D eigenvalue weighted by Gasteiger charge is -2.26. The molecule has 0 saturated carbocycles. The first-order chi connectivity index (χ1) is 26.4. The Balaban J connectivity index is 1.68. The van der Waals surface area contributed by atoms with E-state index in [0.717, 1.165) is 22.3 Å². The van der Waals surface area contributed by atoms with Gasteiger partial charge in [-0.15, -0.1) is 0 Å². The van der Waals surface area contributed by atoms with Crippen LogP contribution in [0.3, 0.4) is 0 Å². The Morgan fingerprint density at radius 2 is 0.912 bits per heavy atom. The first-order valence-corrected chi connectivity index (χ1v) is 19.0. The van der Waals surface area contributed by atoms with Crippen LogP contribution >= 0.6 is 0 Å². The molecule has 2 aromatic carbocycles. The number of fused-ring (bicyclic) bond motifs is 3. The van der Waals surface area contributed by atoms with E-state index in [0.29, 0.717) is 0 Å². The van der Waals surface area contributed by atoms with Crippen LogP contribution in [0, 0.1) is 0 Å². The Kier molecular flexibility index (Phi) is 15.8. The minimum atomic E-state index is -1.32. The molecule has 0 saturated heterocycles. The standard InChI is InChI=1S/C42H57N3O12/c1-40(2,3)55-36(50)30(18-21-33(46)44-31(20-23-35(48)49)37(51)56-41(4,5)6)43-34(47)22-19-32(38(52)57-42(7,8)9)45-39(53)54-24-29-27-16-12-10-14-25(27)26-15-11-13-17-28(26)29/h10-17,29-32H,18-24H2,1-9H3,(H,43,47)(H,44,46)(H,45,53)(H,48,49)/t30-,31-,32-/m0/s1. The number of nitrogens with one attached hydrogen (secondary N) is 3. The molecule has 0 radical (unpaired) electrons. The molecule has 1 aliphatic carbocycles. The normalized spacial score (nSPS) is 14.1. The van der Waals surface area contributed by atoms with Crippen LogP contribution in [0.15, 0.2) is 48.5 Å². The fourth-order valence-electron chi connectivity index (χ4n) is 6.00. The summed E-state index contributed by atoms with van der Waals surface area (Å²) in [5, 5.41) is 16.7. The van der Waals surface area contributed by atoms with Gasteiger partial charge in [-0.05, 0) is 104 Å². The highest BCUT2D eigenvalue weighted by atomic mass is 16.6. The maximum Gasteiger partial charge on any atom is 0.407 e. The molecule has 15 nitrogen and oxygen atoms in total. The summed E-state index contributed by atoms with van der Waals surface area (Å²) in [6.07, 6.45) is -2.73. The Bertz CT molecular complexity index is 1740. The fourth-order valence-corrected chi connectivity index (χ4v) is 6.00. The highest BCUT2D eigenvalue weighted by molar-refractivity contribution is 5.88. The van der Waals surface area contributed by atoms with Gasteiger partial charge >= 0.3 is 30.0 Å².